The number of nitrogens with zero attached hydrogens (tertiary/aromatic N) is 4. The van der Waals surface area contributed by atoms with Gasteiger partial charge in [0.25, 0.3) is 0 Å². The number of amides is 1. The van der Waals surface area contributed by atoms with Crippen molar-refractivity contribution in [3.63, 3.8) is 0 Å². The Morgan fingerprint density at radius 2 is 2.00 bits per heavy atom. The van der Waals surface area contributed by atoms with Gasteiger partial charge in [-0.3, -0.25) is 14.5 Å². The van der Waals surface area contributed by atoms with Gasteiger partial charge in [0, 0.05) is 24.1 Å². The van der Waals surface area contributed by atoms with Crippen LogP contribution >= 0.6 is 0 Å². The van der Waals surface area contributed by atoms with Crippen molar-refractivity contribution in [3.05, 3.63) is 71.3 Å². The third-order valence-corrected chi connectivity index (χ3v) is 6.79. The maximum atomic E-state index is 14.1. The third-order valence-electron chi connectivity index (χ3n) is 6.79. The fraction of sp³-hybridized carbons (Fsp3) is 0.483. The summed E-state index contributed by atoms with van der Waals surface area (Å²) in [7, 11) is 0. The lowest BCUT2D eigenvalue weighted by atomic mass is 9.81. The number of aromatic nitrogens is 3. The Kier molecular flexibility index (Phi) is 9.30. The van der Waals surface area contributed by atoms with E-state index in [9.17, 15) is 9.90 Å². The van der Waals surface area contributed by atoms with Crippen LogP contribution in [-0.2, 0) is 33.8 Å². The normalized spacial score (nSPS) is 15.1. The zero-order valence-electron chi connectivity index (χ0n) is 22.1. The van der Waals surface area contributed by atoms with Crippen LogP contribution in [0, 0.1) is 0 Å². The van der Waals surface area contributed by atoms with E-state index in [1.807, 2.05) is 42.1 Å². The molecular formula is C29H38N4O4. The predicted molar refractivity (Wildman–Crippen MR) is 143 cm³/mol. The fourth-order valence-electron chi connectivity index (χ4n) is 4.78. The van der Waals surface area contributed by atoms with Crippen molar-refractivity contribution in [1.82, 2.24) is 14.8 Å². The Morgan fingerprint density at radius 3 is 2.76 bits per heavy atom. The highest BCUT2D eigenvalue weighted by molar-refractivity contribution is 5.98. The summed E-state index contributed by atoms with van der Waals surface area (Å²) in [6.45, 7) is 9.55. The zero-order chi connectivity index (χ0) is 26.2. The molecule has 1 N–H and O–H groups in total. The number of ether oxygens (including phenoxy) is 2. The minimum atomic E-state index is -0.311. The van der Waals surface area contributed by atoms with Crippen molar-refractivity contribution in [1.29, 1.82) is 0 Å². The molecule has 0 saturated carbocycles. The van der Waals surface area contributed by atoms with Gasteiger partial charge in [-0.1, -0.05) is 26.0 Å². The van der Waals surface area contributed by atoms with Gasteiger partial charge in [-0.15, -0.1) is 0 Å². The number of hydrogen-bond acceptors (Lipinski definition) is 6. The number of aromatic hydroxyl groups is 1. The van der Waals surface area contributed by atoms with Crippen LogP contribution in [0.4, 0.5) is 5.69 Å². The summed E-state index contributed by atoms with van der Waals surface area (Å²) >= 11 is 0. The Hall–Kier alpha value is -3.23. The number of anilines is 1. The summed E-state index contributed by atoms with van der Waals surface area (Å²) in [6, 6.07) is 9.46. The second-order valence-electron chi connectivity index (χ2n) is 9.73. The maximum Gasteiger partial charge on any atom is 0.234 e. The van der Waals surface area contributed by atoms with Gasteiger partial charge in [-0.25, -0.2) is 0 Å². The summed E-state index contributed by atoms with van der Waals surface area (Å²) in [5.41, 5.74) is 4.49. The molecule has 4 rings (SSSR count). The highest BCUT2D eigenvalue weighted by atomic mass is 16.5. The largest absolute Gasteiger partial charge is 0.508 e. The van der Waals surface area contributed by atoms with Gasteiger partial charge in [-0.2, -0.15) is 5.10 Å². The van der Waals surface area contributed by atoms with Crippen LogP contribution in [0.1, 0.15) is 67.8 Å². The molecule has 0 bridgehead atoms. The number of benzene rings is 1. The lowest BCUT2D eigenvalue weighted by molar-refractivity contribution is -0.120. The Bertz CT molecular complexity index is 1160. The zero-order valence-corrected chi connectivity index (χ0v) is 22.1. The second-order valence-corrected chi connectivity index (χ2v) is 9.73. The van der Waals surface area contributed by atoms with Gasteiger partial charge >= 0.3 is 0 Å². The van der Waals surface area contributed by atoms with Crippen molar-refractivity contribution >= 4 is 11.6 Å². The van der Waals surface area contributed by atoms with Gasteiger partial charge in [0.05, 0.1) is 56.9 Å². The molecule has 0 spiro atoms. The van der Waals surface area contributed by atoms with Gasteiger partial charge in [0.2, 0.25) is 5.91 Å². The Labute approximate surface area is 219 Å². The molecule has 1 aliphatic rings. The number of carbonyl (C=O) groups excluding carboxylic acids is 1. The highest BCUT2D eigenvalue weighted by Gasteiger charge is 2.32. The molecule has 0 fully saturated rings. The molecule has 8 heteroatoms. The monoisotopic (exact) mass is 506 g/mol. The van der Waals surface area contributed by atoms with Crippen LogP contribution in [-0.4, -0.2) is 52.2 Å². The fourth-order valence-corrected chi connectivity index (χ4v) is 4.78. The average Bonchev–Trinajstić information content (AvgIpc) is 3.36. The van der Waals surface area contributed by atoms with Gasteiger partial charge in [-0.05, 0) is 61.4 Å². The summed E-state index contributed by atoms with van der Waals surface area (Å²) < 4.78 is 12.7. The molecule has 1 atom stereocenters. The SMILES string of the molecule is CCOCCOCCn1cc(CN(C(=O)C2CCCc3c(O)cccc32)c2ccc(C(C)C)nc2)cn1. The number of phenols is 1. The van der Waals surface area contributed by atoms with Crippen LogP contribution in [0.15, 0.2) is 48.9 Å². The van der Waals surface area contributed by atoms with Crippen molar-refractivity contribution in [2.24, 2.45) is 0 Å². The van der Waals surface area contributed by atoms with Crippen LogP contribution < -0.4 is 4.90 Å². The Morgan fingerprint density at radius 1 is 1.16 bits per heavy atom. The molecule has 1 aromatic carbocycles. The van der Waals surface area contributed by atoms with E-state index in [-0.39, 0.29) is 17.6 Å². The number of carbonyl (C=O) groups is 1. The molecule has 8 nitrogen and oxygen atoms in total. The highest BCUT2D eigenvalue weighted by Crippen LogP contribution is 2.38. The molecule has 198 valence electrons. The molecule has 0 radical (unpaired) electrons. The van der Waals surface area contributed by atoms with E-state index in [0.29, 0.717) is 45.4 Å². The van der Waals surface area contributed by atoms with Crippen LogP contribution in [0.3, 0.4) is 0 Å². The van der Waals surface area contributed by atoms with E-state index < -0.39 is 0 Å². The quantitative estimate of drug-likeness (QED) is 0.355. The van der Waals surface area contributed by atoms with Crippen LogP contribution in [0.25, 0.3) is 0 Å². The number of hydrogen-bond donors (Lipinski definition) is 1. The van der Waals surface area contributed by atoms with E-state index in [2.05, 4.69) is 23.9 Å². The van der Waals surface area contributed by atoms with Gasteiger partial charge in [0.1, 0.15) is 5.75 Å². The van der Waals surface area contributed by atoms with Crippen molar-refractivity contribution in [3.8, 4) is 5.75 Å². The molecule has 1 aliphatic carbocycles. The van der Waals surface area contributed by atoms with E-state index in [1.165, 1.54) is 0 Å². The van der Waals surface area contributed by atoms with Crippen LogP contribution in [0.5, 0.6) is 5.75 Å². The number of fused-ring (bicyclic) bond motifs is 1. The number of rotatable bonds is 12. The lowest BCUT2D eigenvalue weighted by Crippen LogP contribution is -2.36. The summed E-state index contributed by atoms with van der Waals surface area (Å²) in [6.07, 6.45) is 7.95. The first-order valence-electron chi connectivity index (χ1n) is 13.2. The van der Waals surface area contributed by atoms with Gasteiger partial charge < -0.3 is 19.5 Å². The minimum absolute atomic E-state index is 0.0117. The smallest absolute Gasteiger partial charge is 0.234 e. The number of pyridine rings is 1. The molecule has 0 saturated heterocycles. The van der Waals surface area contributed by atoms with E-state index in [1.54, 1.807) is 23.4 Å². The summed E-state index contributed by atoms with van der Waals surface area (Å²) in [4.78, 5) is 20.5. The standard InChI is InChI=1S/C29H38N4O4/c1-4-36-15-16-37-14-13-32-19-22(17-31-32)20-33(23-11-12-27(21(2)3)30-18-23)29(35)26-9-5-8-25-24(26)7-6-10-28(25)34/h6-7,10-12,17-19,21,26,34H,4-5,8-9,13-16,20H2,1-3H3. The van der Waals surface area contributed by atoms with Crippen molar-refractivity contribution in [2.45, 2.75) is 65.0 Å². The second kappa shape index (κ2) is 12.8. The molecule has 0 aliphatic heterocycles. The predicted octanol–water partition coefficient (Wildman–Crippen LogP) is 4.81. The van der Waals surface area contributed by atoms with Crippen molar-refractivity contribution < 1.29 is 19.4 Å². The first kappa shape index (κ1) is 26.8. The third kappa shape index (κ3) is 6.76. The average molecular weight is 507 g/mol. The van der Waals surface area contributed by atoms with Crippen LogP contribution in [0.2, 0.25) is 0 Å². The first-order valence-corrected chi connectivity index (χ1v) is 13.2. The molecule has 1 amide bonds. The van der Waals surface area contributed by atoms with E-state index >= 15 is 0 Å². The van der Waals surface area contributed by atoms with E-state index in [0.717, 1.165) is 47.3 Å². The van der Waals surface area contributed by atoms with Crippen molar-refractivity contribution in [2.75, 3.05) is 31.3 Å². The molecule has 2 heterocycles. The molecule has 2 aromatic heterocycles. The molecule has 3 aromatic rings. The topological polar surface area (TPSA) is 89.7 Å². The van der Waals surface area contributed by atoms with E-state index in [4.69, 9.17) is 9.47 Å². The first-order chi connectivity index (χ1) is 18.0. The lowest BCUT2D eigenvalue weighted by Gasteiger charge is -2.31. The maximum absolute atomic E-state index is 14.1. The molecular weight excluding hydrogens is 468 g/mol. The summed E-state index contributed by atoms with van der Waals surface area (Å²) in [5, 5.41) is 14.9. The minimum Gasteiger partial charge on any atom is -0.508 e. The molecule has 1 unspecified atom stereocenters. The van der Waals surface area contributed by atoms with Gasteiger partial charge in [0.15, 0.2) is 0 Å². The molecule has 37 heavy (non-hydrogen) atoms. The Balaban J connectivity index is 1.53. The summed E-state index contributed by atoms with van der Waals surface area (Å²) in [5.74, 6) is 0.279. The number of phenolic OH excluding ortho intramolecular Hbond substituents is 1.